The number of aromatic nitrogens is 1. The Bertz CT molecular complexity index is 705. The second kappa shape index (κ2) is 5.09. The molecule has 2 aromatic heterocycles. The predicted octanol–water partition coefficient (Wildman–Crippen LogP) is 3.16. The summed E-state index contributed by atoms with van der Waals surface area (Å²) >= 11 is 1.72. The fourth-order valence-electron chi connectivity index (χ4n) is 2.28. The number of pyridine rings is 1. The number of thiophene rings is 1. The van der Waals surface area contributed by atoms with Crippen molar-refractivity contribution in [1.29, 1.82) is 0 Å². The van der Waals surface area contributed by atoms with Gasteiger partial charge < -0.3 is 0 Å². The Balaban J connectivity index is 2.09. The van der Waals surface area contributed by atoms with Crippen LogP contribution in [-0.4, -0.2) is 4.98 Å². The normalized spacial score (nSPS) is 12.7. The van der Waals surface area contributed by atoms with Gasteiger partial charge in [-0.1, -0.05) is 12.1 Å². The van der Waals surface area contributed by atoms with E-state index in [2.05, 4.69) is 47.0 Å². The summed E-state index contributed by atoms with van der Waals surface area (Å²) in [5.74, 6) is 5.75. The number of nitrogens with zero attached hydrogens (tertiary/aromatic N) is 1. The minimum Gasteiger partial charge on any atom is -0.271 e. The van der Waals surface area contributed by atoms with Gasteiger partial charge in [0.2, 0.25) is 0 Å². The van der Waals surface area contributed by atoms with Crippen molar-refractivity contribution < 1.29 is 0 Å². The molecule has 96 valence electrons. The monoisotopic (exact) mass is 269 g/mol. The maximum atomic E-state index is 5.75. The third kappa shape index (κ3) is 2.26. The van der Waals surface area contributed by atoms with E-state index in [0.29, 0.717) is 0 Å². The summed E-state index contributed by atoms with van der Waals surface area (Å²) < 4.78 is 0. The first kappa shape index (κ1) is 12.3. The highest BCUT2D eigenvalue weighted by molar-refractivity contribution is 7.10. The van der Waals surface area contributed by atoms with Gasteiger partial charge >= 0.3 is 0 Å². The highest BCUT2D eigenvalue weighted by Gasteiger charge is 2.16. The molecule has 4 heteroatoms. The van der Waals surface area contributed by atoms with Crippen LogP contribution in [0.3, 0.4) is 0 Å². The number of benzene rings is 1. The van der Waals surface area contributed by atoms with Crippen LogP contribution in [0.4, 0.5) is 0 Å². The fourth-order valence-corrected chi connectivity index (χ4v) is 3.29. The van der Waals surface area contributed by atoms with Crippen molar-refractivity contribution in [2.24, 2.45) is 5.84 Å². The van der Waals surface area contributed by atoms with E-state index in [-0.39, 0.29) is 6.04 Å². The predicted molar refractivity (Wildman–Crippen MR) is 80.0 cm³/mol. The fraction of sp³-hybridized carbons (Fsp3) is 0.133. The molecular formula is C15H15N3S. The summed E-state index contributed by atoms with van der Waals surface area (Å²) in [5, 5.41) is 3.23. The van der Waals surface area contributed by atoms with E-state index in [9.17, 15) is 0 Å². The van der Waals surface area contributed by atoms with Gasteiger partial charge in [-0.15, -0.1) is 11.3 Å². The van der Waals surface area contributed by atoms with Crippen molar-refractivity contribution in [2.45, 2.75) is 13.0 Å². The van der Waals surface area contributed by atoms with Gasteiger partial charge in [-0.25, -0.2) is 5.43 Å². The summed E-state index contributed by atoms with van der Waals surface area (Å²) in [7, 11) is 0. The molecule has 0 saturated heterocycles. The average Bonchev–Trinajstić information content (AvgIpc) is 2.86. The van der Waals surface area contributed by atoms with Crippen LogP contribution in [0.1, 0.15) is 22.0 Å². The Morgan fingerprint density at radius 3 is 2.89 bits per heavy atom. The molecule has 3 rings (SSSR count). The van der Waals surface area contributed by atoms with Gasteiger partial charge in [0.25, 0.3) is 0 Å². The summed E-state index contributed by atoms with van der Waals surface area (Å²) in [6, 6.07) is 12.4. The van der Waals surface area contributed by atoms with Crippen molar-refractivity contribution in [2.75, 3.05) is 0 Å². The molecule has 3 N–H and O–H groups in total. The smallest absolute Gasteiger partial charge is 0.0805 e. The van der Waals surface area contributed by atoms with Crippen LogP contribution in [0.5, 0.6) is 0 Å². The SMILES string of the molecule is Cc1ccsc1C(NN)c1ccc2ncccc2c1. The largest absolute Gasteiger partial charge is 0.271 e. The van der Waals surface area contributed by atoms with Gasteiger partial charge in [0.1, 0.15) is 0 Å². The van der Waals surface area contributed by atoms with Gasteiger partial charge in [-0.2, -0.15) is 0 Å². The van der Waals surface area contributed by atoms with Gasteiger partial charge in [-0.3, -0.25) is 10.8 Å². The van der Waals surface area contributed by atoms with Gasteiger partial charge in [0, 0.05) is 16.5 Å². The van der Waals surface area contributed by atoms with Crippen LogP contribution in [0, 0.1) is 6.92 Å². The Labute approximate surface area is 116 Å². The van der Waals surface area contributed by atoms with E-state index in [1.807, 2.05) is 18.3 Å². The molecule has 1 aromatic carbocycles. The molecule has 1 atom stereocenters. The highest BCUT2D eigenvalue weighted by Crippen LogP contribution is 2.30. The molecular weight excluding hydrogens is 254 g/mol. The van der Waals surface area contributed by atoms with E-state index in [1.165, 1.54) is 10.4 Å². The molecule has 3 nitrogen and oxygen atoms in total. The van der Waals surface area contributed by atoms with Crippen LogP contribution < -0.4 is 11.3 Å². The van der Waals surface area contributed by atoms with E-state index in [4.69, 9.17) is 5.84 Å². The molecule has 19 heavy (non-hydrogen) atoms. The summed E-state index contributed by atoms with van der Waals surface area (Å²) in [4.78, 5) is 5.59. The summed E-state index contributed by atoms with van der Waals surface area (Å²) in [6.45, 7) is 2.11. The quantitative estimate of drug-likeness (QED) is 0.567. The van der Waals surface area contributed by atoms with Crippen molar-refractivity contribution in [3.8, 4) is 0 Å². The number of hydrogen-bond donors (Lipinski definition) is 2. The first-order chi connectivity index (χ1) is 9.29. The van der Waals surface area contributed by atoms with Gasteiger partial charge in [0.05, 0.1) is 11.6 Å². The standard InChI is InChI=1S/C15H15N3S/c1-10-6-8-19-15(10)14(18-16)12-4-5-13-11(9-12)3-2-7-17-13/h2-9,14,18H,16H2,1H3. The number of hydrogen-bond acceptors (Lipinski definition) is 4. The minimum atomic E-state index is 0.0320. The first-order valence-corrected chi connectivity index (χ1v) is 7.02. The summed E-state index contributed by atoms with van der Waals surface area (Å²) in [6.07, 6.45) is 1.81. The Hall–Kier alpha value is -1.75. The third-order valence-electron chi connectivity index (χ3n) is 3.29. The van der Waals surface area contributed by atoms with Crippen LogP contribution >= 0.6 is 11.3 Å². The molecule has 0 amide bonds. The molecule has 0 bridgehead atoms. The second-order valence-corrected chi connectivity index (χ2v) is 5.47. The Morgan fingerprint density at radius 2 is 2.16 bits per heavy atom. The molecule has 0 spiro atoms. The number of nitrogens with two attached hydrogens (primary N) is 1. The van der Waals surface area contributed by atoms with E-state index in [0.717, 1.165) is 16.5 Å². The number of fused-ring (bicyclic) bond motifs is 1. The molecule has 1 unspecified atom stereocenters. The first-order valence-electron chi connectivity index (χ1n) is 6.14. The third-order valence-corrected chi connectivity index (χ3v) is 4.37. The molecule has 2 heterocycles. The van der Waals surface area contributed by atoms with Crippen molar-refractivity contribution in [3.63, 3.8) is 0 Å². The van der Waals surface area contributed by atoms with E-state index < -0.39 is 0 Å². The molecule has 0 aliphatic carbocycles. The van der Waals surface area contributed by atoms with Crippen molar-refractivity contribution in [3.05, 3.63) is 64.0 Å². The van der Waals surface area contributed by atoms with Crippen LogP contribution in [-0.2, 0) is 0 Å². The van der Waals surface area contributed by atoms with Crippen LogP contribution in [0.25, 0.3) is 10.9 Å². The van der Waals surface area contributed by atoms with Crippen LogP contribution in [0.15, 0.2) is 48.0 Å². The number of aryl methyl sites for hydroxylation is 1. The zero-order valence-corrected chi connectivity index (χ0v) is 11.4. The van der Waals surface area contributed by atoms with Crippen LogP contribution in [0.2, 0.25) is 0 Å². The molecule has 0 aliphatic rings. The maximum absolute atomic E-state index is 5.75. The minimum absolute atomic E-state index is 0.0320. The lowest BCUT2D eigenvalue weighted by molar-refractivity contribution is 0.644. The highest BCUT2D eigenvalue weighted by atomic mass is 32.1. The number of hydrazine groups is 1. The number of rotatable bonds is 3. The second-order valence-electron chi connectivity index (χ2n) is 4.52. The molecule has 3 aromatic rings. The molecule has 0 saturated carbocycles. The van der Waals surface area contributed by atoms with Crippen molar-refractivity contribution >= 4 is 22.2 Å². The maximum Gasteiger partial charge on any atom is 0.0805 e. The van der Waals surface area contributed by atoms with E-state index >= 15 is 0 Å². The molecule has 0 aliphatic heterocycles. The lowest BCUT2D eigenvalue weighted by Crippen LogP contribution is -2.28. The Kier molecular flexibility index (Phi) is 3.29. The van der Waals surface area contributed by atoms with Gasteiger partial charge in [-0.05, 0) is 47.7 Å². The molecule has 0 radical (unpaired) electrons. The Morgan fingerprint density at radius 1 is 1.26 bits per heavy atom. The lowest BCUT2D eigenvalue weighted by Gasteiger charge is -2.16. The zero-order chi connectivity index (χ0) is 13.2. The molecule has 0 fully saturated rings. The topological polar surface area (TPSA) is 50.9 Å². The average molecular weight is 269 g/mol. The van der Waals surface area contributed by atoms with Crippen molar-refractivity contribution in [1.82, 2.24) is 10.4 Å². The zero-order valence-electron chi connectivity index (χ0n) is 10.6. The summed E-state index contributed by atoms with van der Waals surface area (Å²) in [5.41, 5.74) is 6.34. The lowest BCUT2D eigenvalue weighted by atomic mass is 10.0. The van der Waals surface area contributed by atoms with Gasteiger partial charge in [0.15, 0.2) is 0 Å². The number of nitrogens with one attached hydrogen (secondary N) is 1. The van der Waals surface area contributed by atoms with E-state index in [1.54, 1.807) is 11.3 Å².